The van der Waals surface area contributed by atoms with Gasteiger partial charge in [-0.1, -0.05) is 24.3 Å². The number of hydrogen-bond acceptors (Lipinski definition) is 4. The molecule has 3 rings (SSSR count). The van der Waals surface area contributed by atoms with Crippen molar-refractivity contribution in [3.8, 4) is 0 Å². The Kier molecular flexibility index (Phi) is 7.32. The van der Waals surface area contributed by atoms with Gasteiger partial charge < -0.3 is 15.0 Å². The van der Waals surface area contributed by atoms with Crippen LogP contribution in [0.4, 0.5) is 14.9 Å². The summed E-state index contributed by atoms with van der Waals surface area (Å²) in [5.74, 6) is -0.220. The van der Waals surface area contributed by atoms with E-state index in [1.165, 1.54) is 23.3 Å². The molecule has 0 saturated carbocycles. The highest BCUT2D eigenvalue weighted by Crippen LogP contribution is 2.14. The van der Waals surface area contributed by atoms with Crippen molar-refractivity contribution in [2.45, 2.75) is 39.3 Å². The second-order valence-electron chi connectivity index (χ2n) is 8.74. The molecule has 0 atom stereocenters. The minimum atomic E-state index is -0.454. The highest BCUT2D eigenvalue weighted by molar-refractivity contribution is 5.68. The van der Waals surface area contributed by atoms with E-state index < -0.39 is 5.60 Å². The van der Waals surface area contributed by atoms with Crippen molar-refractivity contribution in [1.29, 1.82) is 0 Å². The van der Waals surface area contributed by atoms with Gasteiger partial charge in [-0.2, -0.15) is 0 Å². The number of ether oxygens (including phenoxy) is 1. The molecule has 162 valence electrons. The minimum absolute atomic E-state index is 0.220. The lowest BCUT2D eigenvalue weighted by molar-refractivity contribution is 0.0139. The molecule has 0 aromatic heterocycles. The molecule has 2 aromatic rings. The molecule has 0 spiro atoms. The molecule has 0 unspecified atom stereocenters. The molecule has 5 nitrogen and oxygen atoms in total. The number of piperazine rings is 1. The van der Waals surface area contributed by atoms with Crippen molar-refractivity contribution in [3.63, 3.8) is 0 Å². The Balaban J connectivity index is 1.39. The third kappa shape index (κ3) is 7.02. The first-order valence-electron chi connectivity index (χ1n) is 10.6. The SMILES string of the molecule is CC(C)(C)OC(=O)N1CCN(Cc2ccc(CCNc3ccc(F)cc3)cc2)CC1. The standard InChI is InChI=1S/C24H32FN3O2/c1-24(2,3)30-23(29)28-16-14-27(15-17-28)18-20-6-4-19(5-7-20)12-13-26-22-10-8-21(25)9-11-22/h4-11,26H,12-18H2,1-3H3. The number of hydrogen-bond donors (Lipinski definition) is 1. The molecular weight excluding hydrogens is 381 g/mol. The maximum atomic E-state index is 12.9. The van der Waals surface area contributed by atoms with Gasteiger partial charge in [0.15, 0.2) is 0 Å². The maximum absolute atomic E-state index is 12.9. The number of nitrogens with zero attached hydrogens (tertiary/aromatic N) is 2. The van der Waals surface area contributed by atoms with Gasteiger partial charge in [-0.15, -0.1) is 0 Å². The summed E-state index contributed by atoms with van der Waals surface area (Å²) in [7, 11) is 0. The molecule has 1 aliphatic heterocycles. The lowest BCUT2D eigenvalue weighted by Crippen LogP contribution is -2.49. The summed E-state index contributed by atoms with van der Waals surface area (Å²) >= 11 is 0. The molecule has 6 heteroatoms. The van der Waals surface area contributed by atoms with E-state index in [9.17, 15) is 9.18 Å². The van der Waals surface area contributed by atoms with Crippen LogP contribution in [-0.2, 0) is 17.7 Å². The van der Waals surface area contributed by atoms with Crippen LogP contribution >= 0.6 is 0 Å². The van der Waals surface area contributed by atoms with Gasteiger partial charge in [0.05, 0.1) is 0 Å². The van der Waals surface area contributed by atoms with Crippen LogP contribution in [0, 0.1) is 5.82 Å². The Labute approximate surface area is 178 Å². The van der Waals surface area contributed by atoms with Crippen molar-refractivity contribution < 1.29 is 13.9 Å². The summed E-state index contributed by atoms with van der Waals surface area (Å²) in [6, 6.07) is 15.1. The van der Waals surface area contributed by atoms with Crippen LogP contribution in [0.3, 0.4) is 0 Å². The van der Waals surface area contributed by atoms with E-state index in [0.29, 0.717) is 13.1 Å². The van der Waals surface area contributed by atoms with E-state index in [1.54, 1.807) is 17.0 Å². The summed E-state index contributed by atoms with van der Waals surface area (Å²) in [6.07, 6.45) is 0.687. The summed E-state index contributed by atoms with van der Waals surface area (Å²) in [5.41, 5.74) is 3.02. The number of nitrogens with one attached hydrogen (secondary N) is 1. The number of carbonyl (C=O) groups is 1. The molecular formula is C24H32FN3O2. The fraction of sp³-hybridized carbons (Fsp3) is 0.458. The predicted molar refractivity (Wildman–Crippen MR) is 118 cm³/mol. The highest BCUT2D eigenvalue weighted by atomic mass is 19.1. The zero-order valence-electron chi connectivity index (χ0n) is 18.2. The average Bonchev–Trinajstić information content (AvgIpc) is 2.70. The molecule has 1 heterocycles. The van der Waals surface area contributed by atoms with Crippen molar-refractivity contribution >= 4 is 11.8 Å². The zero-order chi connectivity index (χ0) is 21.6. The number of anilines is 1. The first-order valence-corrected chi connectivity index (χ1v) is 10.6. The van der Waals surface area contributed by atoms with Crippen LogP contribution in [-0.4, -0.2) is 54.2 Å². The molecule has 30 heavy (non-hydrogen) atoms. The Morgan fingerprint density at radius 1 is 0.967 bits per heavy atom. The smallest absolute Gasteiger partial charge is 0.410 e. The lowest BCUT2D eigenvalue weighted by Gasteiger charge is -2.35. The third-order valence-corrected chi connectivity index (χ3v) is 5.04. The van der Waals surface area contributed by atoms with E-state index in [4.69, 9.17) is 4.74 Å². The molecule has 0 radical (unpaired) electrons. The van der Waals surface area contributed by atoms with Gasteiger partial charge in [-0.25, -0.2) is 9.18 Å². The molecule has 1 N–H and O–H groups in total. The Hall–Kier alpha value is -2.60. The van der Waals surface area contributed by atoms with E-state index in [2.05, 4.69) is 34.5 Å². The van der Waals surface area contributed by atoms with Gasteiger partial charge in [0.2, 0.25) is 0 Å². The number of rotatable bonds is 6. The van der Waals surface area contributed by atoms with Gasteiger partial charge in [-0.05, 0) is 62.6 Å². The Morgan fingerprint density at radius 3 is 2.17 bits per heavy atom. The first-order chi connectivity index (χ1) is 14.3. The minimum Gasteiger partial charge on any atom is -0.444 e. The van der Waals surface area contributed by atoms with Crippen molar-refractivity contribution in [3.05, 3.63) is 65.5 Å². The summed E-state index contributed by atoms with van der Waals surface area (Å²) in [5, 5.41) is 3.31. The predicted octanol–water partition coefficient (Wildman–Crippen LogP) is 4.53. The quantitative estimate of drug-likeness (QED) is 0.756. The molecule has 0 aliphatic carbocycles. The second kappa shape index (κ2) is 9.94. The summed E-state index contributed by atoms with van der Waals surface area (Å²) in [4.78, 5) is 16.3. The topological polar surface area (TPSA) is 44.8 Å². The van der Waals surface area contributed by atoms with Gasteiger partial charge >= 0.3 is 6.09 Å². The molecule has 1 saturated heterocycles. The second-order valence-corrected chi connectivity index (χ2v) is 8.74. The third-order valence-electron chi connectivity index (χ3n) is 5.04. The van der Waals surface area contributed by atoms with Crippen molar-refractivity contribution in [1.82, 2.24) is 9.80 Å². The number of amides is 1. The van der Waals surface area contributed by atoms with Gasteiger partial charge in [-0.3, -0.25) is 4.90 Å². The van der Waals surface area contributed by atoms with E-state index in [1.807, 2.05) is 20.8 Å². The lowest BCUT2D eigenvalue weighted by atomic mass is 10.1. The number of halogens is 1. The van der Waals surface area contributed by atoms with Crippen LogP contribution in [0.1, 0.15) is 31.9 Å². The average molecular weight is 414 g/mol. The van der Waals surface area contributed by atoms with Gasteiger partial charge in [0.1, 0.15) is 11.4 Å². The fourth-order valence-electron chi connectivity index (χ4n) is 3.40. The van der Waals surface area contributed by atoms with Crippen LogP contribution < -0.4 is 5.32 Å². The summed E-state index contributed by atoms with van der Waals surface area (Å²) in [6.45, 7) is 10.5. The largest absolute Gasteiger partial charge is 0.444 e. The normalized spacial score (nSPS) is 15.1. The number of benzene rings is 2. The molecule has 1 fully saturated rings. The fourth-order valence-corrected chi connectivity index (χ4v) is 3.40. The van der Waals surface area contributed by atoms with E-state index >= 15 is 0 Å². The zero-order valence-corrected chi connectivity index (χ0v) is 18.2. The highest BCUT2D eigenvalue weighted by Gasteiger charge is 2.25. The van der Waals surface area contributed by atoms with Gasteiger partial charge in [0.25, 0.3) is 0 Å². The Morgan fingerprint density at radius 2 is 1.57 bits per heavy atom. The molecule has 0 bridgehead atoms. The van der Waals surface area contributed by atoms with Crippen LogP contribution in [0.15, 0.2) is 48.5 Å². The monoisotopic (exact) mass is 413 g/mol. The van der Waals surface area contributed by atoms with Crippen molar-refractivity contribution in [2.24, 2.45) is 0 Å². The molecule has 2 aromatic carbocycles. The van der Waals surface area contributed by atoms with Crippen molar-refractivity contribution in [2.75, 3.05) is 38.0 Å². The van der Waals surface area contributed by atoms with Crippen LogP contribution in [0.5, 0.6) is 0 Å². The maximum Gasteiger partial charge on any atom is 0.410 e. The summed E-state index contributed by atoms with van der Waals surface area (Å²) < 4.78 is 18.4. The Bertz CT molecular complexity index is 808. The van der Waals surface area contributed by atoms with E-state index in [-0.39, 0.29) is 11.9 Å². The molecule has 1 aliphatic rings. The first kappa shape index (κ1) is 22.1. The van der Waals surface area contributed by atoms with E-state index in [0.717, 1.165) is 38.3 Å². The van der Waals surface area contributed by atoms with Gasteiger partial charge in [0, 0.05) is 45.0 Å². The molecule has 1 amide bonds. The number of carbonyl (C=O) groups excluding carboxylic acids is 1. The van der Waals surface area contributed by atoms with Crippen LogP contribution in [0.2, 0.25) is 0 Å². The van der Waals surface area contributed by atoms with Crippen LogP contribution in [0.25, 0.3) is 0 Å².